The number of anilines is 2. The monoisotopic (exact) mass is 418 g/mol. The van der Waals surface area contributed by atoms with Crippen LogP contribution < -0.4 is 19.7 Å². The summed E-state index contributed by atoms with van der Waals surface area (Å²) in [5, 5.41) is 2.87. The van der Waals surface area contributed by atoms with Crippen molar-refractivity contribution < 1.29 is 23.8 Å². The van der Waals surface area contributed by atoms with Gasteiger partial charge >= 0.3 is 6.09 Å². The highest BCUT2D eigenvalue weighted by atomic mass is 16.6. The molecule has 0 aliphatic carbocycles. The molecule has 0 radical (unpaired) electrons. The Morgan fingerprint density at radius 2 is 1.81 bits per heavy atom. The molecule has 7 nitrogen and oxygen atoms in total. The van der Waals surface area contributed by atoms with Crippen LogP contribution in [0.15, 0.2) is 72.8 Å². The van der Waals surface area contributed by atoms with Crippen molar-refractivity contribution in [3.63, 3.8) is 0 Å². The molecule has 0 aromatic heterocycles. The molecule has 0 saturated carbocycles. The van der Waals surface area contributed by atoms with Gasteiger partial charge in [0.15, 0.2) is 11.5 Å². The molecule has 0 bridgehead atoms. The Hall–Kier alpha value is -4.00. The Bertz CT molecular complexity index is 1080. The summed E-state index contributed by atoms with van der Waals surface area (Å²) in [5.41, 5.74) is 2.55. The molecule has 3 aromatic carbocycles. The molecule has 31 heavy (non-hydrogen) atoms. The van der Waals surface area contributed by atoms with Crippen LogP contribution in [0.3, 0.4) is 0 Å². The van der Waals surface area contributed by atoms with E-state index in [4.69, 9.17) is 14.2 Å². The Balaban J connectivity index is 1.50. The molecule has 2 amide bonds. The van der Waals surface area contributed by atoms with E-state index in [1.807, 2.05) is 30.3 Å². The molecule has 0 atom stereocenters. The smallest absolute Gasteiger partial charge is 0.414 e. The highest BCUT2D eigenvalue weighted by Gasteiger charge is 2.26. The predicted molar refractivity (Wildman–Crippen MR) is 117 cm³/mol. The Labute approximate surface area is 180 Å². The number of cyclic esters (lactones) is 1. The molecule has 158 valence electrons. The summed E-state index contributed by atoms with van der Waals surface area (Å²) >= 11 is 0. The van der Waals surface area contributed by atoms with Crippen molar-refractivity contribution >= 4 is 23.4 Å². The van der Waals surface area contributed by atoms with Crippen LogP contribution in [0.5, 0.6) is 11.5 Å². The van der Waals surface area contributed by atoms with Gasteiger partial charge in [-0.05, 0) is 35.9 Å². The van der Waals surface area contributed by atoms with Crippen LogP contribution in [-0.4, -0.2) is 32.3 Å². The lowest BCUT2D eigenvalue weighted by atomic mass is 10.1. The van der Waals surface area contributed by atoms with E-state index < -0.39 is 6.09 Å². The number of nitrogens with zero attached hydrogens (tertiary/aromatic N) is 1. The number of hydrogen-bond donors (Lipinski definition) is 1. The van der Waals surface area contributed by atoms with E-state index in [9.17, 15) is 9.59 Å². The number of para-hydroxylation sites is 2. The average Bonchev–Trinajstić information content (AvgIpc) is 3.24. The molecule has 1 N–H and O–H groups in total. The largest absolute Gasteiger partial charge is 0.493 e. The van der Waals surface area contributed by atoms with Crippen molar-refractivity contribution in [3.05, 3.63) is 83.9 Å². The van der Waals surface area contributed by atoms with Gasteiger partial charge in [-0.15, -0.1) is 0 Å². The number of ether oxygens (including phenoxy) is 3. The van der Waals surface area contributed by atoms with Gasteiger partial charge < -0.3 is 19.5 Å². The number of benzene rings is 3. The van der Waals surface area contributed by atoms with Gasteiger partial charge in [-0.25, -0.2) is 4.79 Å². The summed E-state index contributed by atoms with van der Waals surface area (Å²) in [5.74, 6) is 0.677. The molecule has 3 aromatic rings. The van der Waals surface area contributed by atoms with Crippen LogP contribution in [0.25, 0.3) is 0 Å². The van der Waals surface area contributed by atoms with E-state index in [1.165, 1.54) is 12.0 Å². The standard InChI is InChI=1S/C24H22N2O5/c1-29-22-15-18(11-12-21(22)31-16-17-7-3-2-4-8-17)23(27)25-19-9-5-6-10-20(19)26-13-14-30-24(26)28/h2-12,15H,13-14,16H2,1H3,(H,25,27). The normalized spacial score (nSPS) is 12.9. The summed E-state index contributed by atoms with van der Waals surface area (Å²) in [7, 11) is 1.53. The second-order valence-corrected chi connectivity index (χ2v) is 6.88. The van der Waals surface area contributed by atoms with E-state index >= 15 is 0 Å². The average molecular weight is 418 g/mol. The number of carbonyl (C=O) groups excluding carboxylic acids is 2. The zero-order chi connectivity index (χ0) is 21.6. The van der Waals surface area contributed by atoms with Gasteiger partial charge in [-0.1, -0.05) is 42.5 Å². The second-order valence-electron chi connectivity index (χ2n) is 6.88. The first-order chi connectivity index (χ1) is 15.2. The lowest BCUT2D eigenvalue weighted by Crippen LogP contribution is -2.25. The molecule has 1 aliphatic rings. The maximum atomic E-state index is 12.9. The molecule has 4 rings (SSSR count). The van der Waals surface area contributed by atoms with E-state index in [1.54, 1.807) is 42.5 Å². The summed E-state index contributed by atoms with van der Waals surface area (Å²) in [4.78, 5) is 26.3. The van der Waals surface area contributed by atoms with Crippen molar-refractivity contribution in [2.45, 2.75) is 6.61 Å². The van der Waals surface area contributed by atoms with Crippen LogP contribution in [0.2, 0.25) is 0 Å². The van der Waals surface area contributed by atoms with Crippen LogP contribution >= 0.6 is 0 Å². The van der Waals surface area contributed by atoms with E-state index in [0.717, 1.165) is 5.56 Å². The molecular formula is C24H22N2O5. The number of hydrogen-bond acceptors (Lipinski definition) is 5. The molecule has 0 unspecified atom stereocenters. The van der Waals surface area contributed by atoms with Crippen molar-refractivity contribution in [1.82, 2.24) is 0 Å². The second kappa shape index (κ2) is 9.21. The fraction of sp³-hybridized carbons (Fsp3) is 0.167. The SMILES string of the molecule is COc1cc(C(=O)Nc2ccccc2N2CCOC2=O)ccc1OCc1ccccc1. The predicted octanol–water partition coefficient (Wildman–Crippen LogP) is 4.48. The summed E-state index contributed by atoms with van der Waals surface area (Å²) < 4.78 is 16.3. The van der Waals surface area contributed by atoms with Crippen LogP contribution in [-0.2, 0) is 11.3 Å². The Morgan fingerprint density at radius 3 is 2.55 bits per heavy atom. The lowest BCUT2D eigenvalue weighted by Gasteiger charge is -2.18. The third-order valence-electron chi connectivity index (χ3n) is 4.87. The minimum absolute atomic E-state index is 0.322. The van der Waals surface area contributed by atoms with Gasteiger partial charge in [0.25, 0.3) is 5.91 Å². The van der Waals surface area contributed by atoms with Gasteiger partial charge in [0.05, 0.1) is 25.0 Å². The van der Waals surface area contributed by atoms with Crippen molar-refractivity contribution in [3.8, 4) is 11.5 Å². The number of amides is 2. The van der Waals surface area contributed by atoms with Crippen LogP contribution in [0, 0.1) is 0 Å². The number of methoxy groups -OCH3 is 1. The highest BCUT2D eigenvalue weighted by Crippen LogP contribution is 2.31. The maximum absolute atomic E-state index is 12.9. The van der Waals surface area contributed by atoms with Gasteiger partial charge in [0, 0.05) is 5.56 Å². The van der Waals surface area contributed by atoms with Gasteiger partial charge in [0.1, 0.15) is 13.2 Å². The number of rotatable bonds is 7. The molecule has 1 saturated heterocycles. The van der Waals surface area contributed by atoms with Gasteiger partial charge in [-0.3, -0.25) is 9.69 Å². The number of nitrogens with one attached hydrogen (secondary N) is 1. The van der Waals surface area contributed by atoms with Crippen LogP contribution in [0.4, 0.5) is 16.2 Å². The third kappa shape index (κ3) is 4.61. The van der Waals surface area contributed by atoms with Crippen molar-refractivity contribution in [2.75, 3.05) is 30.5 Å². The minimum atomic E-state index is -0.428. The molecule has 0 spiro atoms. The van der Waals surface area contributed by atoms with E-state index in [0.29, 0.717) is 48.2 Å². The van der Waals surface area contributed by atoms with Gasteiger partial charge in [-0.2, -0.15) is 0 Å². The highest BCUT2D eigenvalue weighted by molar-refractivity contribution is 6.07. The first-order valence-corrected chi connectivity index (χ1v) is 9.85. The Morgan fingerprint density at radius 1 is 1.03 bits per heavy atom. The molecule has 1 aliphatic heterocycles. The minimum Gasteiger partial charge on any atom is -0.493 e. The van der Waals surface area contributed by atoms with Gasteiger partial charge in [0.2, 0.25) is 0 Å². The molecule has 7 heteroatoms. The quantitative estimate of drug-likeness (QED) is 0.612. The molecular weight excluding hydrogens is 396 g/mol. The topological polar surface area (TPSA) is 77.1 Å². The first kappa shape index (κ1) is 20.3. The van der Waals surface area contributed by atoms with Crippen LogP contribution in [0.1, 0.15) is 15.9 Å². The fourth-order valence-electron chi connectivity index (χ4n) is 3.28. The maximum Gasteiger partial charge on any atom is 0.414 e. The lowest BCUT2D eigenvalue weighted by molar-refractivity contribution is 0.102. The number of carbonyl (C=O) groups is 2. The fourth-order valence-corrected chi connectivity index (χ4v) is 3.28. The summed E-state index contributed by atoms with van der Waals surface area (Å²) in [6.07, 6.45) is -0.428. The zero-order valence-electron chi connectivity index (χ0n) is 17.0. The van der Waals surface area contributed by atoms with Crippen molar-refractivity contribution in [2.24, 2.45) is 0 Å². The molecule has 1 fully saturated rings. The van der Waals surface area contributed by atoms with E-state index in [2.05, 4.69) is 5.32 Å². The Kier molecular flexibility index (Phi) is 6.03. The summed E-state index contributed by atoms with van der Waals surface area (Å²) in [6.45, 7) is 1.15. The zero-order valence-corrected chi connectivity index (χ0v) is 17.0. The third-order valence-corrected chi connectivity index (χ3v) is 4.87. The summed E-state index contributed by atoms with van der Waals surface area (Å²) in [6, 6.07) is 21.9. The molecule has 1 heterocycles. The van der Waals surface area contributed by atoms with E-state index in [-0.39, 0.29) is 5.91 Å². The first-order valence-electron chi connectivity index (χ1n) is 9.85. The van der Waals surface area contributed by atoms with Crippen molar-refractivity contribution in [1.29, 1.82) is 0 Å².